The normalized spacial score (nSPS) is 17.9. The van der Waals surface area contributed by atoms with Gasteiger partial charge in [-0.05, 0) is 24.0 Å². The van der Waals surface area contributed by atoms with Crippen molar-refractivity contribution in [2.75, 3.05) is 5.43 Å². The van der Waals surface area contributed by atoms with Crippen molar-refractivity contribution in [3.8, 4) is 11.3 Å². The average Bonchev–Trinajstić information content (AvgIpc) is 2.70. The molecule has 0 spiro atoms. The fourth-order valence-corrected chi connectivity index (χ4v) is 4.03. The second kappa shape index (κ2) is 6.67. The third-order valence-electron chi connectivity index (χ3n) is 5.72. The number of anilines is 1. The maximum absolute atomic E-state index is 13.6. The summed E-state index contributed by atoms with van der Waals surface area (Å²) in [6.45, 7) is 4.72. The van der Waals surface area contributed by atoms with Gasteiger partial charge in [0, 0.05) is 11.0 Å². The molecule has 138 valence electrons. The molecule has 1 aliphatic rings. The number of nitrogens with one attached hydrogen (secondary N) is 1. The molecule has 1 unspecified atom stereocenters. The third-order valence-corrected chi connectivity index (χ3v) is 5.72. The summed E-state index contributed by atoms with van der Waals surface area (Å²) in [5.74, 6) is 6.14. The first-order chi connectivity index (χ1) is 13.1. The van der Waals surface area contributed by atoms with Gasteiger partial charge in [-0.1, -0.05) is 68.4 Å². The Hall–Kier alpha value is -2.92. The van der Waals surface area contributed by atoms with E-state index in [2.05, 4.69) is 25.3 Å². The summed E-state index contributed by atoms with van der Waals surface area (Å²) >= 11 is 0. The topological polar surface area (TPSA) is 72.9 Å². The van der Waals surface area contributed by atoms with E-state index < -0.39 is 0 Å². The molecule has 5 heteroatoms. The summed E-state index contributed by atoms with van der Waals surface area (Å²) in [6, 6.07) is 18.1. The van der Waals surface area contributed by atoms with Crippen LogP contribution in [-0.4, -0.2) is 9.55 Å². The molecule has 0 saturated carbocycles. The van der Waals surface area contributed by atoms with Gasteiger partial charge in [0.25, 0.3) is 5.56 Å². The number of aromatic nitrogens is 2. The molecule has 0 bridgehead atoms. The van der Waals surface area contributed by atoms with Gasteiger partial charge in [0.05, 0.1) is 17.8 Å². The summed E-state index contributed by atoms with van der Waals surface area (Å²) in [7, 11) is 0. The molecular formula is C22H24N4O. The number of nitrogens with two attached hydrogens (primary N) is 1. The van der Waals surface area contributed by atoms with E-state index in [1.165, 1.54) is 5.56 Å². The molecule has 1 heterocycles. The molecule has 5 nitrogen and oxygen atoms in total. The lowest BCUT2D eigenvalue weighted by atomic mass is 9.69. The van der Waals surface area contributed by atoms with Crippen molar-refractivity contribution in [1.29, 1.82) is 0 Å². The first kappa shape index (κ1) is 17.5. The molecule has 1 atom stereocenters. The number of rotatable bonds is 4. The van der Waals surface area contributed by atoms with Crippen molar-refractivity contribution in [2.45, 2.75) is 38.6 Å². The van der Waals surface area contributed by atoms with Gasteiger partial charge < -0.3 is 0 Å². The first-order valence-electron chi connectivity index (χ1n) is 9.31. The van der Waals surface area contributed by atoms with E-state index in [0.29, 0.717) is 12.5 Å². The fourth-order valence-electron chi connectivity index (χ4n) is 4.03. The second-order valence-corrected chi connectivity index (χ2v) is 7.43. The summed E-state index contributed by atoms with van der Waals surface area (Å²) in [6.07, 6.45) is 1.70. The number of benzene rings is 2. The van der Waals surface area contributed by atoms with Gasteiger partial charge in [0.15, 0.2) is 0 Å². The molecule has 0 amide bonds. The van der Waals surface area contributed by atoms with Gasteiger partial charge >= 0.3 is 0 Å². The Morgan fingerprint density at radius 1 is 1.15 bits per heavy atom. The summed E-state index contributed by atoms with van der Waals surface area (Å²) in [4.78, 5) is 18.4. The van der Waals surface area contributed by atoms with E-state index >= 15 is 0 Å². The predicted molar refractivity (Wildman–Crippen MR) is 109 cm³/mol. The van der Waals surface area contributed by atoms with Crippen LogP contribution in [0.25, 0.3) is 11.3 Å². The average molecular weight is 360 g/mol. The van der Waals surface area contributed by atoms with Crippen LogP contribution in [0, 0.1) is 0 Å². The van der Waals surface area contributed by atoms with E-state index in [1.54, 1.807) is 4.57 Å². The zero-order chi connectivity index (χ0) is 19.0. The fraction of sp³-hybridized carbons (Fsp3) is 0.273. The van der Waals surface area contributed by atoms with Crippen LogP contribution in [0.4, 0.5) is 5.95 Å². The number of hydrazine groups is 1. The lowest BCUT2D eigenvalue weighted by molar-refractivity contribution is 0.436. The number of nitrogens with zero attached hydrogens (tertiary/aromatic N) is 2. The van der Waals surface area contributed by atoms with Gasteiger partial charge in [-0.2, -0.15) is 0 Å². The molecule has 0 radical (unpaired) electrons. The van der Waals surface area contributed by atoms with E-state index in [1.807, 2.05) is 48.5 Å². The second-order valence-electron chi connectivity index (χ2n) is 7.43. The first-order valence-corrected chi connectivity index (χ1v) is 9.31. The Morgan fingerprint density at radius 2 is 1.85 bits per heavy atom. The number of hydrogen-bond donors (Lipinski definition) is 2. The third kappa shape index (κ3) is 2.84. The lowest BCUT2D eigenvalue weighted by Gasteiger charge is -2.35. The van der Waals surface area contributed by atoms with Gasteiger partial charge in [-0.25, -0.2) is 10.8 Å². The molecule has 0 saturated heterocycles. The van der Waals surface area contributed by atoms with Crippen LogP contribution in [0.15, 0.2) is 59.4 Å². The van der Waals surface area contributed by atoms with Crippen molar-refractivity contribution >= 4 is 5.95 Å². The van der Waals surface area contributed by atoms with Crippen LogP contribution < -0.4 is 16.8 Å². The standard InChI is InChI=1S/C22H24N4O/c1-3-22(2)13-16-11-7-8-12-17(16)19-18(22)20(27)26(21(24-19)25-23)14-15-9-5-4-6-10-15/h4-12H,3,13-14,23H2,1-2H3,(H,24,25). The molecule has 1 aromatic heterocycles. The highest BCUT2D eigenvalue weighted by Crippen LogP contribution is 2.42. The summed E-state index contributed by atoms with van der Waals surface area (Å²) < 4.78 is 1.65. The van der Waals surface area contributed by atoms with Crippen LogP contribution in [0.3, 0.4) is 0 Å². The van der Waals surface area contributed by atoms with Crippen molar-refractivity contribution < 1.29 is 0 Å². The van der Waals surface area contributed by atoms with Crippen LogP contribution >= 0.6 is 0 Å². The maximum atomic E-state index is 13.6. The minimum atomic E-state index is -0.251. The molecule has 0 aliphatic heterocycles. The van der Waals surface area contributed by atoms with E-state index in [4.69, 9.17) is 10.8 Å². The molecule has 4 rings (SSSR count). The van der Waals surface area contributed by atoms with Gasteiger partial charge in [0.2, 0.25) is 5.95 Å². The van der Waals surface area contributed by atoms with Crippen molar-refractivity contribution in [1.82, 2.24) is 9.55 Å². The molecule has 3 aromatic rings. The maximum Gasteiger partial charge on any atom is 0.259 e. The monoisotopic (exact) mass is 360 g/mol. The minimum Gasteiger partial charge on any atom is -0.294 e. The van der Waals surface area contributed by atoms with Crippen molar-refractivity contribution in [2.24, 2.45) is 5.84 Å². The number of hydrogen-bond acceptors (Lipinski definition) is 4. The smallest absolute Gasteiger partial charge is 0.259 e. The minimum absolute atomic E-state index is 0.0179. The van der Waals surface area contributed by atoms with Crippen LogP contribution in [0.1, 0.15) is 37.0 Å². The predicted octanol–water partition coefficient (Wildman–Crippen LogP) is 3.47. The van der Waals surface area contributed by atoms with Crippen molar-refractivity contribution in [3.05, 3.63) is 81.6 Å². The van der Waals surface area contributed by atoms with Crippen LogP contribution in [0.5, 0.6) is 0 Å². The molecule has 27 heavy (non-hydrogen) atoms. The highest BCUT2D eigenvalue weighted by Gasteiger charge is 2.38. The Labute approximate surface area is 158 Å². The summed E-state index contributed by atoms with van der Waals surface area (Å²) in [5.41, 5.74) is 7.20. The number of fused-ring (bicyclic) bond motifs is 3. The molecule has 1 aliphatic carbocycles. The van der Waals surface area contributed by atoms with E-state index in [9.17, 15) is 4.79 Å². The van der Waals surface area contributed by atoms with Gasteiger partial charge in [-0.3, -0.25) is 14.8 Å². The van der Waals surface area contributed by atoms with Gasteiger partial charge in [0.1, 0.15) is 0 Å². The quantitative estimate of drug-likeness (QED) is 0.552. The zero-order valence-corrected chi connectivity index (χ0v) is 15.7. The largest absolute Gasteiger partial charge is 0.294 e. The van der Waals surface area contributed by atoms with Crippen molar-refractivity contribution in [3.63, 3.8) is 0 Å². The molecular weight excluding hydrogens is 336 g/mol. The van der Waals surface area contributed by atoms with Gasteiger partial charge in [-0.15, -0.1) is 0 Å². The molecule has 0 fully saturated rings. The Balaban J connectivity index is 1.98. The Kier molecular flexibility index (Phi) is 4.32. The number of nitrogen functional groups attached to an aromatic ring is 1. The summed E-state index contributed by atoms with van der Waals surface area (Å²) in [5, 5.41) is 0. The highest BCUT2D eigenvalue weighted by molar-refractivity contribution is 5.72. The van der Waals surface area contributed by atoms with E-state index in [0.717, 1.165) is 35.2 Å². The zero-order valence-electron chi connectivity index (χ0n) is 15.7. The molecule has 2 aromatic carbocycles. The van der Waals surface area contributed by atoms with E-state index in [-0.39, 0.29) is 11.0 Å². The Morgan fingerprint density at radius 3 is 2.56 bits per heavy atom. The highest BCUT2D eigenvalue weighted by atomic mass is 16.1. The van der Waals surface area contributed by atoms with Crippen LogP contribution in [-0.2, 0) is 18.4 Å². The SMILES string of the molecule is CCC1(C)Cc2ccccc2-c2nc(NN)n(Cc3ccccc3)c(=O)c21. The lowest BCUT2D eigenvalue weighted by Crippen LogP contribution is -2.40. The Bertz CT molecular complexity index is 1040. The molecule has 3 N–H and O–H groups in total. The van der Waals surface area contributed by atoms with Crippen LogP contribution in [0.2, 0.25) is 0 Å².